The average molecular weight is 162 g/mol. The van der Waals surface area contributed by atoms with Gasteiger partial charge < -0.3 is 5.32 Å². The molecule has 4 heteroatoms. The van der Waals surface area contributed by atoms with Gasteiger partial charge in [-0.05, 0) is 19.9 Å². The lowest BCUT2D eigenvalue weighted by atomic mass is 10.3. The summed E-state index contributed by atoms with van der Waals surface area (Å²) in [5.74, 6) is 0.522. The van der Waals surface area contributed by atoms with E-state index in [0.717, 1.165) is 12.2 Å². The van der Waals surface area contributed by atoms with Crippen molar-refractivity contribution < 1.29 is 0 Å². The molecule has 0 spiro atoms. The molecule has 0 atom stereocenters. The van der Waals surface area contributed by atoms with Gasteiger partial charge >= 0.3 is 0 Å². The number of hydrogen-bond acceptors (Lipinski definition) is 4. The van der Waals surface area contributed by atoms with Crippen LogP contribution in [-0.2, 0) is 0 Å². The lowest BCUT2D eigenvalue weighted by molar-refractivity contribution is 1.04. The van der Waals surface area contributed by atoms with E-state index in [1.807, 2.05) is 19.9 Å². The second-order valence-electron chi connectivity index (χ2n) is 2.36. The molecule has 12 heavy (non-hydrogen) atoms. The molecule has 1 aromatic rings. The summed E-state index contributed by atoms with van der Waals surface area (Å²) < 4.78 is 0. The van der Waals surface area contributed by atoms with E-state index in [2.05, 4.69) is 15.3 Å². The summed E-state index contributed by atoms with van der Waals surface area (Å²) in [6.45, 7) is 4.55. The van der Waals surface area contributed by atoms with Gasteiger partial charge in [-0.15, -0.1) is 0 Å². The van der Waals surface area contributed by atoms with Gasteiger partial charge in [0.05, 0.1) is 0 Å². The SMILES string of the molecule is CCNc1nc(C)cc(C#N)n1. The van der Waals surface area contributed by atoms with Crippen molar-refractivity contribution in [2.24, 2.45) is 0 Å². The third kappa shape index (κ3) is 1.92. The summed E-state index contributed by atoms with van der Waals surface area (Å²) in [6, 6.07) is 3.63. The lowest BCUT2D eigenvalue weighted by Crippen LogP contribution is -2.03. The van der Waals surface area contributed by atoms with Crippen LogP contribution in [0.3, 0.4) is 0 Å². The van der Waals surface area contributed by atoms with Crippen LogP contribution in [0.25, 0.3) is 0 Å². The van der Waals surface area contributed by atoms with Gasteiger partial charge in [-0.3, -0.25) is 0 Å². The molecule has 0 aliphatic rings. The smallest absolute Gasteiger partial charge is 0.224 e. The highest BCUT2D eigenvalue weighted by atomic mass is 15.1. The first-order valence-corrected chi connectivity index (χ1v) is 3.76. The van der Waals surface area contributed by atoms with Gasteiger partial charge in [-0.2, -0.15) is 5.26 Å². The second kappa shape index (κ2) is 3.67. The van der Waals surface area contributed by atoms with Gasteiger partial charge in [0, 0.05) is 12.2 Å². The Bertz CT molecular complexity index is 313. The zero-order chi connectivity index (χ0) is 8.97. The molecule has 0 amide bonds. The molecule has 1 rings (SSSR count). The molecule has 4 nitrogen and oxygen atoms in total. The Morgan fingerprint density at radius 3 is 2.92 bits per heavy atom. The van der Waals surface area contributed by atoms with Gasteiger partial charge in [0.25, 0.3) is 0 Å². The van der Waals surface area contributed by atoms with E-state index in [1.165, 1.54) is 0 Å². The van der Waals surface area contributed by atoms with E-state index in [0.29, 0.717) is 11.6 Å². The number of rotatable bonds is 2. The quantitative estimate of drug-likeness (QED) is 0.707. The molecule has 0 fully saturated rings. The lowest BCUT2D eigenvalue weighted by Gasteiger charge is -2.01. The molecule has 0 saturated carbocycles. The minimum absolute atomic E-state index is 0.401. The topological polar surface area (TPSA) is 61.6 Å². The van der Waals surface area contributed by atoms with Crippen molar-refractivity contribution in [1.29, 1.82) is 5.26 Å². The molecular weight excluding hydrogens is 152 g/mol. The Morgan fingerprint density at radius 2 is 2.33 bits per heavy atom. The zero-order valence-corrected chi connectivity index (χ0v) is 7.13. The number of anilines is 1. The van der Waals surface area contributed by atoms with Crippen LogP contribution in [0.15, 0.2) is 6.07 Å². The van der Waals surface area contributed by atoms with E-state index in [4.69, 9.17) is 5.26 Å². The van der Waals surface area contributed by atoms with E-state index < -0.39 is 0 Å². The highest BCUT2D eigenvalue weighted by Crippen LogP contribution is 2.02. The molecule has 0 saturated heterocycles. The standard InChI is InChI=1S/C8H10N4/c1-3-10-8-11-6(2)4-7(5-9)12-8/h4H,3H2,1-2H3,(H,10,11,12). The first-order valence-electron chi connectivity index (χ1n) is 3.76. The minimum Gasteiger partial charge on any atom is -0.354 e. The fourth-order valence-corrected chi connectivity index (χ4v) is 0.863. The van der Waals surface area contributed by atoms with Crippen molar-refractivity contribution in [2.75, 3.05) is 11.9 Å². The maximum atomic E-state index is 8.59. The fourth-order valence-electron chi connectivity index (χ4n) is 0.863. The van der Waals surface area contributed by atoms with E-state index in [-0.39, 0.29) is 0 Å². The van der Waals surface area contributed by atoms with Crippen LogP contribution in [-0.4, -0.2) is 16.5 Å². The average Bonchev–Trinajstić information content (AvgIpc) is 2.04. The Kier molecular flexibility index (Phi) is 2.59. The predicted molar refractivity (Wildman–Crippen MR) is 45.6 cm³/mol. The van der Waals surface area contributed by atoms with Crippen molar-refractivity contribution in [3.8, 4) is 6.07 Å². The van der Waals surface area contributed by atoms with Crippen molar-refractivity contribution in [2.45, 2.75) is 13.8 Å². The molecule has 0 bridgehead atoms. The first kappa shape index (κ1) is 8.47. The highest BCUT2D eigenvalue weighted by molar-refractivity contribution is 5.32. The summed E-state index contributed by atoms with van der Waals surface area (Å²) in [4.78, 5) is 8.06. The predicted octanol–water partition coefficient (Wildman–Crippen LogP) is 1.09. The van der Waals surface area contributed by atoms with Crippen LogP contribution in [0.1, 0.15) is 18.3 Å². The Hall–Kier alpha value is -1.63. The monoisotopic (exact) mass is 162 g/mol. The number of nitriles is 1. The summed E-state index contributed by atoms with van der Waals surface area (Å²) in [5.41, 5.74) is 1.20. The van der Waals surface area contributed by atoms with Gasteiger partial charge in [-0.1, -0.05) is 0 Å². The third-order valence-corrected chi connectivity index (χ3v) is 1.30. The van der Waals surface area contributed by atoms with Crippen molar-refractivity contribution >= 4 is 5.95 Å². The molecular formula is C8H10N4. The van der Waals surface area contributed by atoms with Crippen molar-refractivity contribution in [3.63, 3.8) is 0 Å². The van der Waals surface area contributed by atoms with Crippen LogP contribution in [0, 0.1) is 18.3 Å². The molecule has 1 heterocycles. The van der Waals surface area contributed by atoms with Crippen LogP contribution < -0.4 is 5.32 Å². The molecule has 0 aliphatic heterocycles. The second-order valence-corrected chi connectivity index (χ2v) is 2.36. The summed E-state index contributed by atoms with van der Waals surface area (Å²) in [6.07, 6.45) is 0. The minimum atomic E-state index is 0.401. The Balaban J connectivity index is 3.00. The number of nitrogens with one attached hydrogen (secondary N) is 1. The van der Waals surface area contributed by atoms with Crippen LogP contribution in [0.5, 0.6) is 0 Å². The van der Waals surface area contributed by atoms with Gasteiger partial charge in [0.2, 0.25) is 5.95 Å². The molecule has 0 aliphatic carbocycles. The van der Waals surface area contributed by atoms with E-state index >= 15 is 0 Å². The van der Waals surface area contributed by atoms with E-state index in [9.17, 15) is 0 Å². The van der Waals surface area contributed by atoms with Crippen molar-refractivity contribution in [1.82, 2.24) is 9.97 Å². The van der Waals surface area contributed by atoms with E-state index in [1.54, 1.807) is 6.07 Å². The molecule has 0 aromatic carbocycles. The summed E-state index contributed by atoms with van der Waals surface area (Å²) in [5, 5.41) is 11.5. The Labute approximate surface area is 71.3 Å². The normalized spacial score (nSPS) is 9.08. The molecule has 1 N–H and O–H groups in total. The Morgan fingerprint density at radius 1 is 1.58 bits per heavy atom. The van der Waals surface area contributed by atoms with Crippen molar-refractivity contribution in [3.05, 3.63) is 17.5 Å². The van der Waals surface area contributed by atoms with Crippen LogP contribution in [0.4, 0.5) is 5.95 Å². The van der Waals surface area contributed by atoms with Gasteiger partial charge in [0.1, 0.15) is 11.8 Å². The largest absolute Gasteiger partial charge is 0.354 e. The summed E-state index contributed by atoms with van der Waals surface area (Å²) in [7, 11) is 0. The van der Waals surface area contributed by atoms with Crippen LogP contribution >= 0.6 is 0 Å². The molecule has 62 valence electrons. The maximum absolute atomic E-state index is 8.59. The maximum Gasteiger partial charge on any atom is 0.224 e. The number of nitrogens with zero attached hydrogens (tertiary/aromatic N) is 3. The number of aromatic nitrogens is 2. The van der Waals surface area contributed by atoms with Gasteiger partial charge in [0.15, 0.2) is 0 Å². The number of hydrogen-bond donors (Lipinski definition) is 1. The molecule has 0 radical (unpaired) electrons. The first-order chi connectivity index (χ1) is 5.76. The fraction of sp³-hybridized carbons (Fsp3) is 0.375. The molecule has 0 unspecified atom stereocenters. The third-order valence-electron chi connectivity index (χ3n) is 1.30. The van der Waals surface area contributed by atoms with Crippen LogP contribution in [0.2, 0.25) is 0 Å². The number of aryl methyl sites for hydroxylation is 1. The van der Waals surface area contributed by atoms with Gasteiger partial charge in [-0.25, -0.2) is 9.97 Å². The summed E-state index contributed by atoms with van der Waals surface area (Å²) >= 11 is 0. The highest BCUT2D eigenvalue weighted by Gasteiger charge is 1.98. The molecule has 1 aromatic heterocycles. The zero-order valence-electron chi connectivity index (χ0n) is 7.13.